The monoisotopic (exact) mass is 520 g/mol. The number of sulfonamides is 1. The number of carbonyl (C=O) groups is 1. The van der Waals surface area contributed by atoms with E-state index in [9.17, 15) is 17.6 Å². The lowest BCUT2D eigenvalue weighted by Gasteiger charge is -2.21. The molecule has 3 rings (SSSR count). The van der Waals surface area contributed by atoms with Crippen LogP contribution in [0.5, 0.6) is 0 Å². The second kappa shape index (κ2) is 9.66. The Balaban J connectivity index is 1.73. The van der Waals surface area contributed by atoms with Crippen molar-refractivity contribution in [2.24, 2.45) is 5.10 Å². The Morgan fingerprint density at radius 2 is 1.88 bits per heavy atom. The molecule has 168 valence electrons. The van der Waals surface area contributed by atoms with Gasteiger partial charge in [-0.25, -0.2) is 18.2 Å². The molecular weight excluding hydrogens is 499 g/mol. The first-order valence-corrected chi connectivity index (χ1v) is 12.2. The molecule has 1 amide bonds. The van der Waals surface area contributed by atoms with Gasteiger partial charge in [-0.2, -0.15) is 5.10 Å². The molecule has 0 saturated heterocycles. The summed E-state index contributed by atoms with van der Waals surface area (Å²) in [6, 6.07) is 14.7. The smallest absolute Gasteiger partial charge is 0.260 e. The topological polar surface area (TPSA) is 83.8 Å². The second-order valence-electron chi connectivity index (χ2n) is 7.18. The number of benzene rings is 2. The van der Waals surface area contributed by atoms with Gasteiger partial charge in [0.1, 0.15) is 12.4 Å². The summed E-state index contributed by atoms with van der Waals surface area (Å²) in [6.45, 7) is 3.38. The Bertz CT molecular complexity index is 1270. The lowest BCUT2D eigenvalue weighted by atomic mass is 10.2. The number of aryl methyl sites for hydroxylation is 1. The molecule has 2 aromatic carbocycles. The summed E-state index contributed by atoms with van der Waals surface area (Å²) in [6.07, 6.45) is 2.53. The van der Waals surface area contributed by atoms with Gasteiger partial charge < -0.3 is 4.57 Å². The number of nitrogens with zero attached hydrogens (tertiary/aromatic N) is 3. The molecule has 0 saturated carbocycles. The van der Waals surface area contributed by atoms with Crippen molar-refractivity contribution in [3.8, 4) is 5.69 Å². The molecule has 0 aliphatic rings. The lowest BCUT2D eigenvalue weighted by molar-refractivity contribution is -0.119. The third-order valence-electron chi connectivity index (χ3n) is 4.73. The van der Waals surface area contributed by atoms with Gasteiger partial charge in [0.15, 0.2) is 0 Å². The first kappa shape index (κ1) is 23.7. The van der Waals surface area contributed by atoms with Crippen LogP contribution in [-0.2, 0) is 14.8 Å². The van der Waals surface area contributed by atoms with E-state index in [1.54, 1.807) is 36.4 Å². The molecule has 1 N–H and O–H groups in total. The Morgan fingerprint density at radius 1 is 1.19 bits per heavy atom. The maximum atomic E-state index is 13.2. The lowest BCUT2D eigenvalue weighted by Crippen LogP contribution is -2.39. The van der Waals surface area contributed by atoms with Crippen LogP contribution in [0.3, 0.4) is 0 Å². The van der Waals surface area contributed by atoms with Crippen molar-refractivity contribution < 1.29 is 17.6 Å². The molecule has 1 aromatic heterocycles. The van der Waals surface area contributed by atoms with Gasteiger partial charge in [0.2, 0.25) is 10.0 Å². The van der Waals surface area contributed by atoms with Crippen LogP contribution in [0.1, 0.15) is 17.0 Å². The Kier molecular flexibility index (Phi) is 7.15. The van der Waals surface area contributed by atoms with Crippen molar-refractivity contribution in [2.75, 3.05) is 17.1 Å². The molecule has 0 unspecified atom stereocenters. The summed E-state index contributed by atoms with van der Waals surface area (Å²) in [7, 11) is -3.68. The van der Waals surface area contributed by atoms with Gasteiger partial charge in [-0.05, 0) is 62.4 Å². The molecular formula is C22H22BrFN4O3S. The Morgan fingerprint density at radius 3 is 2.50 bits per heavy atom. The average Bonchev–Trinajstić information content (AvgIpc) is 2.99. The van der Waals surface area contributed by atoms with E-state index in [-0.39, 0.29) is 5.82 Å². The summed E-state index contributed by atoms with van der Waals surface area (Å²) < 4.78 is 41.2. The van der Waals surface area contributed by atoms with Crippen LogP contribution in [0.2, 0.25) is 0 Å². The molecule has 7 nitrogen and oxygen atoms in total. The van der Waals surface area contributed by atoms with Crippen molar-refractivity contribution in [1.29, 1.82) is 0 Å². The number of rotatable bonds is 7. The minimum atomic E-state index is -3.68. The molecule has 0 aliphatic carbocycles. The molecule has 0 bridgehead atoms. The third kappa shape index (κ3) is 5.63. The molecule has 0 spiro atoms. The van der Waals surface area contributed by atoms with E-state index in [2.05, 4.69) is 26.5 Å². The highest BCUT2D eigenvalue weighted by atomic mass is 79.9. The molecule has 3 aromatic rings. The van der Waals surface area contributed by atoms with Crippen molar-refractivity contribution in [1.82, 2.24) is 9.99 Å². The maximum absolute atomic E-state index is 13.2. The molecule has 0 fully saturated rings. The predicted molar refractivity (Wildman–Crippen MR) is 127 cm³/mol. The number of carbonyl (C=O) groups excluding carboxylic acids is 1. The van der Waals surface area contributed by atoms with Gasteiger partial charge in [-0.3, -0.25) is 9.10 Å². The van der Waals surface area contributed by atoms with Crippen LogP contribution in [0.15, 0.2) is 64.2 Å². The van der Waals surface area contributed by atoms with E-state index in [1.807, 2.05) is 24.5 Å². The van der Waals surface area contributed by atoms with E-state index < -0.39 is 22.5 Å². The van der Waals surface area contributed by atoms with Crippen LogP contribution in [0, 0.1) is 19.7 Å². The molecule has 10 heteroatoms. The standard InChI is InChI=1S/C22H22BrFN4O3S/c1-15-11-17(16(2)28(15)20-9-7-19(24)8-10-20)13-25-26-22(29)14-27(32(3,30)31)21-6-4-5-18(23)12-21/h4-13H,14H2,1-3H3,(H,26,29)/b25-13-. The molecule has 0 radical (unpaired) electrons. The van der Waals surface area contributed by atoms with Gasteiger partial charge in [0.25, 0.3) is 5.91 Å². The fraction of sp³-hybridized carbons (Fsp3) is 0.182. The fourth-order valence-electron chi connectivity index (χ4n) is 3.28. The zero-order chi connectivity index (χ0) is 23.5. The quantitative estimate of drug-likeness (QED) is 0.378. The molecule has 0 aliphatic heterocycles. The van der Waals surface area contributed by atoms with Crippen molar-refractivity contribution >= 4 is 43.8 Å². The van der Waals surface area contributed by atoms with Gasteiger partial charge in [-0.15, -0.1) is 0 Å². The van der Waals surface area contributed by atoms with Gasteiger partial charge in [-0.1, -0.05) is 22.0 Å². The van der Waals surface area contributed by atoms with Crippen LogP contribution >= 0.6 is 15.9 Å². The maximum Gasteiger partial charge on any atom is 0.260 e. The average molecular weight is 521 g/mol. The number of hydrogen-bond donors (Lipinski definition) is 1. The normalized spacial score (nSPS) is 11.7. The highest BCUT2D eigenvalue weighted by molar-refractivity contribution is 9.10. The fourth-order valence-corrected chi connectivity index (χ4v) is 4.51. The number of hydrazone groups is 1. The van der Waals surface area contributed by atoms with Gasteiger partial charge in [0, 0.05) is 27.1 Å². The summed E-state index contributed by atoms with van der Waals surface area (Å²) in [5.74, 6) is -0.897. The van der Waals surface area contributed by atoms with Gasteiger partial charge >= 0.3 is 0 Å². The number of anilines is 1. The number of nitrogens with one attached hydrogen (secondary N) is 1. The summed E-state index contributed by atoms with van der Waals surface area (Å²) >= 11 is 3.30. The van der Waals surface area contributed by atoms with Crippen molar-refractivity contribution in [3.63, 3.8) is 0 Å². The number of amides is 1. The van der Waals surface area contributed by atoms with E-state index in [1.165, 1.54) is 18.3 Å². The van der Waals surface area contributed by atoms with E-state index in [0.29, 0.717) is 10.2 Å². The Labute approximate surface area is 194 Å². The van der Waals surface area contributed by atoms with Crippen molar-refractivity contribution in [3.05, 3.63) is 81.8 Å². The molecule has 0 atom stereocenters. The number of aromatic nitrogens is 1. The zero-order valence-corrected chi connectivity index (χ0v) is 20.1. The highest BCUT2D eigenvalue weighted by Crippen LogP contribution is 2.22. The predicted octanol–water partition coefficient (Wildman–Crippen LogP) is 3.91. The van der Waals surface area contributed by atoms with Crippen LogP contribution in [-0.4, -0.2) is 37.9 Å². The summed E-state index contributed by atoms with van der Waals surface area (Å²) in [4.78, 5) is 12.4. The minimum absolute atomic E-state index is 0.313. The number of halogens is 2. The van der Waals surface area contributed by atoms with E-state index in [0.717, 1.165) is 33.2 Å². The molecule has 1 heterocycles. The van der Waals surface area contributed by atoms with Crippen molar-refractivity contribution in [2.45, 2.75) is 13.8 Å². The SMILES string of the molecule is Cc1cc(/C=N\NC(=O)CN(c2cccc(Br)c2)S(C)(=O)=O)c(C)n1-c1ccc(F)cc1. The molecule has 32 heavy (non-hydrogen) atoms. The first-order valence-electron chi connectivity index (χ1n) is 9.56. The van der Waals surface area contributed by atoms with Gasteiger partial charge in [0.05, 0.1) is 18.2 Å². The van der Waals surface area contributed by atoms with E-state index in [4.69, 9.17) is 0 Å². The van der Waals surface area contributed by atoms with Crippen LogP contribution < -0.4 is 9.73 Å². The summed E-state index contributed by atoms with van der Waals surface area (Å²) in [5, 5.41) is 3.98. The largest absolute Gasteiger partial charge is 0.318 e. The second-order valence-corrected chi connectivity index (χ2v) is 10.0. The zero-order valence-electron chi connectivity index (χ0n) is 17.7. The minimum Gasteiger partial charge on any atom is -0.318 e. The first-order chi connectivity index (χ1) is 15.1. The summed E-state index contributed by atoms with van der Waals surface area (Å²) in [5.41, 5.74) is 6.09. The van der Waals surface area contributed by atoms with Crippen LogP contribution in [0.25, 0.3) is 5.69 Å². The van der Waals surface area contributed by atoms with E-state index >= 15 is 0 Å². The number of hydrogen-bond acceptors (Lipinski definition) is 4. The third-order valence-corrected chi connectivity index (χ3v) is 6.37. The Hall–Kier alpha value is -2.98. The van der Waals surface area contributed by atoms with Crippen LogP contribution in [0.4, 0.5) is 10.1 Å². The highest BCUT2D eigenvalue weighted by Gasteiger charge is 2.21.